The van der Waals surface area contributed by atoms with Crippen molar-refractivity contribution in [3.8, 4) is 0 Å². The van der Waals surface area contributed by atoms with Gasteiger partial charge in [-0.2, -0.15) is 0 Å². The highest BCUT2D eigenvalue weighted by molar-refractivity contribution is 6.02. The first-order valence-electron chi connectivity index (χ1n) is 10.5. The largest absolute Gasteiger partial charge is 0.313 e. The lowest BCUT2D eigenvalue weighted by Gasteiger charge is -2.32. The number of para-hydroxylation sites is 1. The molecule has 3 aliphatic rings. The lowest BCUT2D eigenvalue weighted by Crippen LogP contribution is -2.19. The van der Waals surface area contributed by atoms with Crippen LogP contribution >= 0.6 is 0 Å². The molecule has 0 aliphatic heterocycles. The van der Waals surface area contributed by atoms with Gasteiger partial charge in [0.15, 0.2) is 0 Å². The van der Waals surface area contributed by atoms with Crippen molar-refractivity contribution in [2.45, 2.75) is 18.8 Å². The quantitative estimate of drug-likeness (QED) is 0.459. The molecule has 0 amide bonds. The maximum atomic E-state index is 2.51. The van der Waals surface area contributed by atoms with Crippen molar-refractivity contribution < 1.29 is 0 Å². The van der Waals surface area contributed by atoms with Crippen LogP contribution < -0.4 is 4.90 Å². The van der Waals surface area contributed by atoms with Crippen LogP contribution in [0.5, 0.6) is 0 Å². The van der Waals surface area contributed by atoms with E-state index in [0.717, 1.165) is 6.42 Å². The van der Waals surface area contributed by atoms with E-state index in [1.165, 1.54) is 45.4 Å². The molecule has 1 heteroatoms. The summed E-state index contributed by atoms with van der Waals surface area (Å²) >= 11 is 0. The minimum absolute atomic E-state index is 0.651. The van der Waals surface area contributed by atoms with Crippen LogP contribution in [0.4, 0.5) is 11.4 Å². The van der Waals surface area contributed by atoms with Gasteiger partial charge < -0.3 is 4.90 Å². The third-order valence-corrected chi connectivity index (χ3v) is 6.33. The van der Waals surface area contributed by atoms with Crippen LogP contribution in [0.15, 0.2) is 103 Å². The Morgan fingerprint density at radius 3 is 2.66 bits per heavy atom. The molecule has 0 saturated heterocycles. The Balaban J connectivity index is 1.68. The molecule has 0 bridgehead atoms. The SMILES string of the molecule is C1=CC=C(N(c2ccccc2)c2c3c(cc4ccccc24)C=CC2CC32)CC=C1. The molecule has 1 fully saturated rings. The van der Waals surface area contributed by atoms with E-state index in [2.05, 4.69) is 108 Å². The van der Waals surface area contributed by atoms with Crippen LogP contribution in [-0.4, -0.2) is 0 Å². The van der Waals surface area contributed by atoms with E-state index < -0.39 is 0 Å². The topological polar surface area (TPSA) is 3.24 Å². The van der Waals surface area contributed by atoms with E-state index >= 15 is 0 Å². The molecule has 3 aromatic rings. The molecule has 2 unspecified atom stereocenters. The van der Waals surface area contributed by atoms with E-state index in [1.807, 2.05) is 0 Å². The molecule has 6 rings (SSSR count). The summed E-state index contributed by atoms with van der Waals surface area (Å²) in [4.78, 5) is 2.51. The summed E-state index contributed by atoms with van der Waals surface area (Å²) in [5, 5.41) is 2.65. The van der Waals surface area contributed by atoms with Gasteiger partial charge >= 0.3 is 0 Å². The van der Waals surface area contributed by atoms with Gasteiger partial charge in [0.05, 0.1) is 5.69 Å². The van der Waals surface area contributed by atoms with E-state index in [0.29, 0.717) is 11.8 Å². The molecule has 2 atom stereocenters. The Morgan fingerprint density at radius 1 is 0.862 bits per heavy atom. The van der Waals surface area contributed by atoms with Gasteiger partial charge in [-0.25, -0.2) is 0 Å². The fourth-order valence-corrected chi connectivity index (χ4v) is 4.87. The van der Waals surface area contributed by atoms with Gasteiger partial charge in [0, 0.05) is 23.2 Å². The van der Waals surface area contributed by atoms with Gasteiger partial charge in [-0.1, -0.05) is 78.9 Å². The molecular formula is C28H23N. The molecule has 140 valence electrons. The Hall–Kier alpha value is -3.32. The van der Waals surface area contributed by atoms with Crippen molar-refractivity contribution in [3.05, 3.63) is 114 Å². The van der Waals surface area contributed by atoms with Gasteiger partial charge in [-0.05, 0) is 59.0 Å². The fraction of sp³-hybridized carbons (Fsp3) is 0.143. The zero-order chi connectivity index (χ0) is 19.2. The highest BCUT2D eigenvalue weighted by Gasteiger charge is 2.42. The summed E-state index contributed by atoms with van der Waals surface area (Å²) in [7, 11) is 0. The molecule has 29 heavy (non-hydrogen) atoms. The van der Waals surface area contributed by atoms with Gasteiger partial charge in [0.2, 0.25) is 0 Å². The number of hydrogen-bond donors (Lipinski definition) is 0. The van der Waals surface area contributed by atoms with Crippen LogP contribution in [0.3, 0.4) is 0 Å². The van der Waals surface area contributed by atoms with Gasteiger partial charge in [-0.3, -0.25) is 0 Å². The second kappa shape index (κ2) is 6.63. The van der Waals surface area contributed by atoms with Gasteiger partial charge in [0.1, 0.15) is 0 Å². The number of nitrogens with zero attached hydrogens (tertiary/aromatic N) is 1. The fourth-order valence-electron chi connectivity index (χ4n) is 4.87. The van der Waals surface area contributed by atoms with E-state index in [-0.39, 0.29) is 0 Å². The molecule has 0 N–H and O–H groups in total. The van der Waals surface area contributed by atoms with Crippen molar-refractivity contribution in [2.75, 3.05) is 4.90 Å². The average molecular weight is 373 g/mol. The molecule has 0 spiro atoms. The Bertz CT molecular complexity index is 1210. The summed E-state index contributed by atoms with van der Waals surface area (Å²) in [6.45, 7) is 0. The van der Waals surface area contributed by atoms with Crippen LogP contribution in [-0.2, 0) is 0 Å². The first kappa shape index (κ1) is 16.6. The van der Waals surface area contributed by atoms with Crippen molar-refractivity contribution >= 4 is 28.2 Å². The number of allylic oxidation sites excluding steroid dienone is 6. The maximum Gasteiger partial charge on any atom is 0.0577 e. The summed E-state index contributed by atoms with van der Waals surface area (Å²) in [6, 6.07) is 22.1. The predicted octanol–water partition coefficient (Wildman–Crippen LogP) is 7.51. The van der Waals surface area contributed by atoms with Crippen LogP contribution in [0, 0.1) is 5.92 Å². The third kappa shape index (κ3) is 2.77. The van der Waals surface area contributed by atoms with Crippen molar-refractivity contribution in [2.24, 2.45) is 5.92 Å². The van der Waals surface area contributed by atoms with Gasteiger partial charge in [0.25, 0.3) is 0 Å². The zero-order valence-corrected chi connectivity index (χ0v) is 16.3. The van der Waals surface area contributed by atoms with Crippen molar-refractivity contribution in [3.63, 3.8) is 0 Å². The molecule has 3 aromatic carbocycles. The lowest BCUT2D eigenvalue weighted by molar-refractivity contribution is 0.980. The average Bonchev–Trinajstić information content (AvgIpc) is 3.58. The third-order valence-electron chi connectivity index (χ3n) is 6.33. The predicted molar refractivity (Wildman–Crippen MR) is 123 cm³/mol. The summed E-state index contributed by atoms with van der Waals surface area (Å²) < 4.78 is 0. The second-order valence-electron chi connectivity index (χ2n) is 8.16. The van der Waals surface area contributed by atoms with Crippen LogP contribution in [0.1, 0.15) is 29.9 Å². The first-order valence-corrected chi connectivity index (χ1v) is 10.5. The highest BCUT2D eigenvalue weighted by Crippen LogP contribution is 2.58. The molecule has 0 heterocycles. The highest BCUT2D eigenvalue weighted by atomic mass is 15.2. The molecule has 1 nitrogen and oxygen atoms in total. The van der Waals surface area contributed by atoms with Crippen LogP contribution in [0.25, 0.3) is 16.8 Å². The Labute approximate surface area is 172 Å². The normalized spacial score (nSPS) is 21.3. The first-order chi connectivity index (χ1) is 14.4. The maximum absolute atomic E-state index is 2.51. The smallest absolute Gasteiger partial charge is 0.0577 e. The van der Waals surface area contributed by atoms with Crippen LogP contribution in [0.2, 0.25) is 0 Å². The molecule has 0 aromatic heterocycles. The zero-order valence-electron chi connectivity index (χ0n) is 16.3. The van der Waals surface area contributed by atoms with E-state index in [1.54, 1.807) is 0 Å². The Morgan fingerprint density at radius 2 is 1.72 bits per heavy atom. The summed E-state index contributed by atoms with van der Waals surface area (Å²) in [5.74, 6) is 1.36. The standard InChI is InChI=1S/C28H23N/c1-2-5-12-23(11-4-1)29(24-13-6-3-7-14-24)28-25-15-9-8-10-20(25)18-22-17-16-21-19-26(21)27(22)28/h1-11,13-18,21,26H,12,19H2. The van der Waals surface area contributed by atoms with E-state index in [4.69, 9.17) is 0 Å². The van der Waals surface area contributed by atoms with E-state index in [9.17, 15) is 0 Å². The number of fused-ring (bicyclic) bond motifs is 4. The second-order valence-corrected chi connectivity index (χ2v) is 8.16. The number of benzene rings is 3. The molecule has 0 radical (unpaired) electrons. The summed E-state index contributed by atoms with van der Waals surface area (Å²) in [6.07, 6.45) is 17.9. The lowest BCUT2D eigenvalue weighted by atomic mass is 9.90. The molecule has 1 saturated carbocycles. The minimum atomic E-state index is 0.651. The molecular weight excluding hydrogens is 350 g/mol. The number of hydrogen-bond acceptors (Lipinski definition) is 1. The van der Waals surface area contributed by atoms with Crippen molar-refractivity contribution in [1.82, 2.24) is 0 Å². The van der Waals surface area contributed by atoms with Crippen molar-refractivity contribution in [1.29, 1.82) is 0 Å². The minimum Gasteiger partial charge on any atom is -0.313 e. The van der Waals surface area contributed by atoms with Gasteiger partial charge in [-0.15, -0.1) is 0 Å². The summed E-state index contributed by atoms with van der Waals surface area (Å²) in [5.41, 5.74) is 6.83. The molecule has 3 aliphatic carbocycles. The monoisotopic (exact) mass is 373 g/mol. The Kier molecular flexibility index (Phi) is 3.80. The number of rotatable bonds is 3. The number of anilines is 2.